The van der Waals surface area contributed by atoms with Gasteiger partial charge in [0.1, 0.15) is 10.8 Å². The maximum atomic E-state index is 12.9. The third kappa shape index (κ3) is 3.38. The topological polar surface area (TPSA) is 51.8 Å². The van der Waals surface area contributed by atoms with Crippen LogP contribution < -0.4 is 5.73 Å². The average Bonchev–Trinajstić information content (AvgIpc) is 2.50. The van der Waals surface area contributed by atoms with Crippen molar-refractivity contribution < 1.29 is 4.39 Å². The van der Waals surface area contributed by atoms with Gasteiger partial charge in [-0.25, -0.2) is 14.4 Å². The molecule has 0 fully saturated rings. The van der Waals surface area contributed by atoms with Crippen LogP contribution in [0.25, 0.3) is 11.3 Å². The van der Waals surface area contributed by atoms with Gasteiger partial charge in [0.15, 0.2) is 0 Å². The molecule has 2 N–H and O–H groups in total. The Morgan fingerprint density at radius 2 is 1.62 bits per heavy atom. The van der Waals surface area contributed by atoms with Gasteiger partial charge in [0.2, 0.25) is 5.95 Å². The van der Waals surface area contributed by atoms with Crippen LogP contribution in [0.2, 0.25) is 0 Å². The molecule has 0 aliphatic carbocycles. The molecule has 3 rings (SSSR count). The Morgan fingerprint density at radius 1 is 0.905 bits per heavy atom. The lowest BCUT2D eigenvalue weighted by molar-refractivity contribution is 0.626. The highest BCUT2D eigenvalue weighted by molar-refractivity contribution is 7.99. The molecule has 0 spiro atoms. The second kappa shape index (κ2) is 5.93. The third-order valence-corrected chi connectivity index (χ3v) is 3.75. The molecular formula is C16H12FN3S. The van der Waals surface area contributed by atoms with Gasteiger partial charge < -0.3 is 5.73 Å². The molecule has 0 atom stereocenters. The van der Waals surface area contributed by atoms with E-state index in [1.165, 1.54) is 23.9 Å². The Labute approximate surface area is 126 Å². The van der Waals surface area contributed by atoms with Crippen LogP contribution in [0, 0.1) is 5.82 Å². The van der Waals surface area contributed by atoms with Crippen LogP contribution >= 0.6 is 11.8 Å². The van der Waals surface area contributed by atoms with E-state index in [1.54, 1.807) is 12.1 Å². The normalized spacial score (nSPS) is 10.5. The van der Waals surface area contributed by atoms with Gasteiger partial charge in [0, 0.05) is 10.5 Å². The van der Waals surface area contributed by atoms with E-state index in [0.29, 0.717) is 0 Å². The summed E-state index contributed by atoms with van der Waals surface area (Å²) in [6.45, 7) is 0. The molecule has 3 nitrogen and oxygen atoms in total. The summed E-state index contributed by atoms with van der Waals surface area (Å²) >= 11 is 1.42. The van der Waals surface area contributed by atoms with Crippen LogP contribution in [0.3, 0.4) is 0 Å². The Kier molecular flexibility index (Phi) is 3.83. The quantitative estimate of drug-likeness (QED) is 0.742. The number of nitrogens with zero attached hydrogens (tertiary/aromatic N) is 2. The molecule has 0 amide bonds. The van der Waals surface area contributed by atoms with Crippen molar-refractivity contribution in [2.45, 2.75) is 9.92 Å². The van der Waals surface area contributed by atoms with Crippen molar-refractivity contribution in [3.63, 3.8) is 0 Å². The predicted molar refractivity (Wildman–Crippen MR) is 82.4 cm³/mol. The molecule has 0 saturated heterocycles. The van der Waals surface area contributed by atoms with Crippen LogP contribution in [0.15, 0.2) is 70.6 Å². The molecule has 5 heteroatoms. The van der Waals surface area contributed by atoms with E-state index in [9.17, 15) is 4.39 Å². The molecule has 2 aromatic carbocycles. The SMILES string of the molecule is Nc1nc(Sc2ccc(F)cc2)cc(-c2ccccc2)n1. The zero-order chi connectivity index (χ0) is 14.7. The Bertz CT molecular complexity index is 745. The fourth-order valence-electron chi connectivity index (χ4n) is 1.88. The molecular weight excluding hydrogens is 285 g/mol. The second-order valence-electron chi connectivity index (χ2n) is 4.37. The van der Waals surface area contributed by atoms with Crippen LogP contribution in [0.5, 0.6) is 0 Å². The summed E-state index contributed by atoms with van der Waals surface area (Å²) in [6, 6.07) is 17.9. The number of aromatic nitrogens is 2. The van der Waals surface area contributed by atoms with Crippen molar-refractivity contribution in [3.05, 3.63) is 66.5 Å². The number of hydrogen-bond acceptors (Lipinski definition) is 4. The third-order valence-electron chi connectivity index (χ3n) is 2.83. The maximum absolute atomic E-state index is 12.9. The minimum Gasteiger partial charge on any atom is -0.368 e. The van der Waals surface area contributed by atoms with Crippen molar-refractivity contribution in [3.8, 4) is 11.3 Å². The van der Waals surface area contributed by atoms with Crippen molar-refractivity contribution in [2.24, 2.45) is 0 Å². The van der Waals surface area contributed by atoms with E-state index in [1.807, 2.05) is 36.4 Å². The summed E-state index contributed by atoms with van der Waals surface area (Å²) < 4.78 is 12.9. The Morgan fingerprint density at radius 3 is 2.33 bits per heavy atom. The lowest BCUT2D eigenvalue weighted by atomic mass is 10.1. The largest absolute Gasteiger partial charge is 0.368 e. The number of nitrogen functional groups attached to an aromatic ring is 1. The Hall–Kier alpha value is -2.40. The average molecular weight is 297 g/mol. The highest BCUT2D eigenvalue weighted by Crippen LogP contribution is 2.29. The van der Waals surface area contributed by atoms with Gasteiger partial charge in [-0.15, -0.1) is 0 Å². The first kappa shape index (κ1) is 13.6. The van der Waals surface area contributed by atoms with Gasteiger partial charge in [0.25, 0.3) is 0 Å². The van der Waals surface area contributed by atoms with Crippen LogP contribution in [-0.4, -0.2) is 9.97 Å². The number of anilines is 1. The van der Waals surface area contributed by atoms with E-state index in [0.717, 1.165) is 21.2 Å². The molecule has 0 unspecified atom stereocenters. The minimum atomic E-state index is -0.258. The standard InChI is InChI=1S/C16H12FN3S/c17-12-6-8-13(9-7-12)21-15-10-14(19-16(18)20-15)11-4-2-1-3-5-11/h1-10H,(H2,18,19,20). The smallest absolute Gasteiger partial charge is 0.221 e. The number of nitrogens with two attached hydrogens (primary N) is 1. The van der Waals surface area contributed by atoms with Gasteiger partial charge in [-0.3, -0.25) is 0 Å². The maximum Gasteiger partial charge on any atom is 0.221 e. The lowest BCUT2D eigenvalue weighted by Crippen LogP contribution is -1.97. The van der Waals surface area contributed by atoms with Gasteiger partial charge in [-0.2, -0.15) is 0 Å². The number of rotatable bonds is 3. The van der Waals surface area contributed by atoms with Gasteiger partial charge in [-0.05, 0) is 30.3 Å². The summed E-state index contributed by atoms with van der Waals surface area (Å²) in [6.07, 6.45) is 0. The first-order valence-electron chi connectivity index (χ1n) is 6.34. The zero-order valence-corrected chi connectivity index (χ0v) is 11.8. The first-order valence-corrected chi connectivity index (χ1v) is 7.16. The minimum absolute atomic E-state index is 0.223. The summed E-state index contributed by atoms with van der Waals surface area (Å²) in [5.74, 6) is -0.0347. The summed E-state index contributed by atoms with van der Waals surface area (Å²) in [7, 11) is 0. The molecule has 104 valence electrons. The van der Waals surface area contributed by atoms with Gasteiger partial charge in [0.05, 0.1) is 5.69 Å². The first-order chi connectivity index (χ1) is 10.2. The number of halogens is 1. The summed E-state index contributed by atoms with van der Waals surface area (Å²) in [5, 5.41) is 0.730. The van der Waals surface area contributed by atoms with E-state index < -0.39 is 0 Å². The van der Waals surface area contributed by atoms with Crippen LogP contribution in [0.4, 0.5) is 10.3 Å². The summed E-state index contributed by atoms with van der Waals surface area (Å²) in [5.41, 5.74) is 7.53. The molecule has 0 aliphatic rings. The molecule has 0 bridgehead atoms. The second-order valence-corrected chi connectivity index (χ2v) is 5.47. The lowest BCUT2D eigenvalue weighted by Gasteiger charge is -2.06. The van der Waals surface area contributed by atoms with Crippen LogP contribution in [-0.2, 0) is 0 Å². The summed E-state index contributed by atoms with van der Waals surface area (Å²) in [4.78, 5) is 9.36. The zero-order valence-electron chi connectivity index (χ0n) is 11.0. The van der Waals surface area contributed by atoms with E-state index >= 15 is 0 Å². The van der Waals surface area contributed by atoms with E-state index in [2.05, 4.69) is 9.97 Å². The van der Waals surface area contributed by atoms with Crippen molar-refractivity contribution >= 4 is 17.7 Å². The van der Waals surface area contributed by atoms with Crippen molar-refractivity contribution in [1.29, 1.82) is 0 Å². The molecule has 0 aliphatic heterocycles. The predicted octanol–water partition coefficient (Wildman–Crippen LogP) is 4.02. The van der Waals surface area contributed by atoms with Crippen molar-refractivity contribution in [2.75, 3.05) is 5.73 Å². The molecule has 3 aromatic rings. The molecule has 1 heterocycles. The van der Waals surface area contributed by atoms with E-state index in [-0.39, 0.29) is 11.8 Å². The fourth-order valence-corrected chi connectivity index (χ4v) is 2.70. The molecule has 0 saturated carbocycles. The van der Waals surface area contributed by atoms with Gasteiger partial charge >= 0.3 is 0 Å². The van der Waals surface area contributed by atoms with E-state index in [4.69, 9.17) is 5.73 Å². The highest BCUT2D eigenvalue weighted by Gasteiger charge is 2.06. The molecule has 0 radical (unpaired) electrons. The fraction of sp³-hybridized carbons (Fsp3) is 0. The van der Waals surface area contributed by atoms with Crippen LogP contribution in [0.1, 0.15) is 0 Å². The number of benzene rings is 2. The highest BCUT2D eigenvalue weighted by atomic mass is 32.2. The monoisotopic (exact) mass is 297 g/mol. The number of hydrogen-bond donors (Lipinski definition) is 1. The molecule has 21 heavy (non-hydrogen) atoms. The van der Waals surface area contributed by atoms with Crippen molar-refractivity contribution in [1.82, 2.24) is 9.97 Å². The molecule has 1 aromatic heterocycles. The van der Waals surface area contributed by atoms with Gasteiger partial charge in [-0.1, -0.05) is 42.1 Å². The Balaban J connectivity index is 1.93.